The molecule has 1 spiro atoms. The number of ketones is 1. The third-order valence-electron chi connectivity index (χ3n) is 4.47. The summed E-state index contributed by atoms with van der Waals surface area (Å²) in [4.78, 5) is 22.3. The highest BCUT2D eigenvalue weighted by Crippen LogP contribution is 2.43. The molecule has 23 heavy (non-hydrogen) atoms. The molecule has 1 aliphatic heterocycles. The Bertz CT molecular complexity index is 704. The number of guanidine groups is 2. The molecule has 7 heteroatoms. The van der Waals surface area contributed by atoms with Crippen LogP contribution in [0.25, 0.3) is 0 Å². The van der Waals surface area contributed by atoms with Gasteiger partial charge in [-0.15, -0.1) is 0 Å². The van der Waals surface area contributed by atoms with E-state index in [9.17, 15) is 9.90 Å². The Morgan fingerprint density at radius 2 is 1.96 bits per heavy atom. The minimum absolute atomic E-state index is 0.0172. The lowest BCUT2D eigenvalue weighted by molar-refractivity contribution is 0.101. The van der Waals surface area contributed by atoms with E-state index in [0.29, 0.717) is 11.3 Å². The Labute approximate surface area is 134 Å². The van der Waals surface area contributed by atoms with E-state index >= 15 is 0 Å². The first kappa shape index (κ1) is 15.3. The molecule has 2 aliphatic rings. The molecular formula is C16H21N5O2. The van der Waals surface area contributed by atoms with Gasteiger partial charge in [-0.1, -0.05) is 12.5 Å². The average Bonchev–Trinajstić information content (AvgIpc) is 2.48. The summed E-state index contributed by atoms with van der Waals surface area (Å²) in [6.45, 7) is 1.46. The molecule has 1 heterocycles. The van der Waals surface area contributed by atoms with E-state index in [1.54, 1.807) is 17.0 Å². The topological polar surface area (TPSA) is 117 Å². The van der Waals surface area contributed by atoms with Crippen LogP contribution in [0.15, 0.2) is 28.2 Å². The van der Waals surface area contributed by atoms with Gasteiger partial charge in [0.1, 0.15) is 11.4 Å². The number of hydrogen-bond donors (Lipinski definition) is 3. The van der Waals surface area contributed by atoms with E-state index in [1.165, 1.54) is 13.0 Å². The molecule has 1 aromatic carbocycles. The molecule has 1 aromatic rings. The summed E-state index contributed by atoms with van der Waals surface area (Å²) < 4.78 is 0. The van der Waals surface area contributed by atoms with Crippen molar-refractivity contribution in [2.75, 3.05) is 4.90 Å². The van der Waals surface area contributed by atoms with E-state index in [1.807, 2.05) is 0 Å². The maximum atomic E-state index is 12.0. The van der Waals surface area contributed by atoms with Crippen LogP contribution in [0.2, 0.25) is 0 Å². The normalized spacial score (nSPS) is 20.1. The van der Waals surface area contributed by atoms with Gasteiger partial charge in [0.25, 0.3) is 0 Å². The second-order valence-electron chi connectivity index (χ2n) is 6.05. The maximum Gasteiger partial charge on any atom is 0.220 e. The van der Waals surface area contributed by atoms with Crippen LogP contribution in [-0.4, -0.2) is 28.5 Å². The van der Waals surface area contributed by atoms with Crippen LogP contribution in [0.1, 0.15) is 49.4 Å². The van der Waals surface area contributed by atoms with Crippen molar-refractivity contribution in [3.8, 4) is 5.75 Å². The number of nitrogens with zero attached hydrogens (tertiary/aromatic N) is 3. The first-order valence-electron chi connectivity index (χ1n) is 7.77. The van der Waals surface area contributed by atoms with Gasteiger partial charge in [-0.2, -0.15) is 4.99 Å². The Kier molecular flexibility index (Phi) is 3.71. The zero-order valence-corrected chi connectivity index (χ0v) is 13.1. The Morgan fingerprint density at radius 1 is 1.26 bits per heavy atom. The molecule has 0 bridgehead atoms. The molecule has 0 aromatic heterocycles. The van der Waals surface area contributed by atoms with E-state index in [4.69, 9.17) is 11.5 Å². The van der Waals surface area contributed by atoms with Gasteiger partial charge in [0.15, 0.2) is 5.78 Å². The SMILES string of the molecule is CC(=O)c1cccc(O)c1N1C(N)=NC(N)=NC12CCCCC2. The van der Waals surface area contributed by atoms with Crippen LogP contribution in [0.4, 0.5) is 5.69 Å². The predicted octanol–water partition coefficient (Wildman–Crippen LogP) is 1.70. The number of anilines is 1. The Hall–Kier alpha value is -2.57. The fourth-order valence-electron chi connectivity index (χ4n) is 3.50. The summed E-state index contributed by atoms with van der Waals surface area (Å²) in [6.07, 6.45) is 4.56. The number of phenolic OH excluding ortho intramolecular Hbond substituents is 1. The fraction of sp³-hybridized carbons (Fsp3) is 0.438. The van der Waals surface area contributed by atoms with Crippen molar-refractivity contribution in [2.24, 2.45) is 21.5 Å². The molecule has 1 saturated carbocycles. The molecule has 0 radical (unpaired) electrons. The third kappa shape index (κ3) is 2.52. The summed E-state index contributed by atoms with van der Waals surface area (Å²) >= 11 is 0. The summed E-state index contributed by atoms with van der Waals surface area (Å²) in [7, 11) is 0. The maximum absolute atomic E-state index is 12.0. The molecule has 7 nitrogen and oxygen atoms in total. The van der Waals surface area contributed by atoms with Gasteiger partial charge in [-0.25, -0.2) is 4.99 Å². The molecule has 0 unspecified atom stereocenters. The highest BCUT2D eigenvalue weighted by Gasteiger charge is 2.44. The lowest BCUT2D eigenvalue weighted by Gasteiger charge is -2.46. The second-order valence-corrected chi connectivity index (χ2v) is 6.05. The fourth-order valence-corrected chi connectivity index (χ4v) is 3.50. The van der Waals surface area contributed by atoms with Gasteiger partial charge in [0.2, 0.25) is 11.9 Å². The number of hydrogen-bond acceptors (Lipinski definition) is 7. The molecule has 122 valence electrons. The summed E-state index contributed by atoms with van der Waals surface area (Å²) in [5, 5.41) is 10.4. The first-order valence-corrected chi connectivity index (χ1v) is 7.77. The highest BCUT2D eigenvalue weighted by molar-refractivity contribution is 6.11. The van der Waals surface area contributed by atoms with Crippen LogP contribution in [0, 0.1) is 0 Å². The number of benzene rings is 1. The number of carbonyl (C=O) groups excluding carboxylic acids is 1. The van der Waals surface area contributed by atoms with E-state index in [2.05, 4.69) is 9.98 Å². The quantitative estimate of drug-likeness (QED) is 0.718. The number of para-hydroxylation sites is 1. The van der Waals surface area contributed by atoms with Gasteiger partial charge >= 0.3 is 0 Å². The Morgan fingerprint density at radius 3 is 2.61 bits per heavy atom. The molecule has 1 fully saturated rings. The number of phenols is 1. The van der Waals surface area contributed by atoms with Crippen LogP contribution >= 0.6 is 0 Å². The van der Waals surface area contributed by atoms with Gasteiger partial charge in [0, 0.05) is 5.56 Å². The standard InChI is InChI=1S/C16H21N5O2/c1-10(22)11-6-5-7-12(23)13(11)21-15(18)19-14(17)20-16(21)8-3-2-4-9-16/h5-7,23H,2-4,8-9H2,1H3,(H4,17,18,19,20). The van der Waals surface area contributed by atoms with Gasteiger partial charge < -0.3 is 16.6 Å². The second kappa shape index (κ2) is 5.57. The molecule has 5 N–H and O–H groups in total. The minimum atomic E-state index is -0.683. The van der Waals surface area contributed by atoms with Crippen LogP contribution in [0.5, 0.6) is 5.75 Å². The monoisotopic (exact) mass is 315 g/mol. The van der Waals surface area contributed by atoms with Crippen molar-refractivity contribution in [1.29, 1.82) is 0 Å². The summed E-state index contributed by atoms with van der Waals surface area (Å²) in [5.41, 5.74) is 12.0. The first-order chi connectivity index (χ1) is 10.9. The zero-order valence-electron chi connectivity index (χ0n) is 13.1. The van der Waals surface area contributed by atoms with Crippen LogP contribution < -0.4 is 16.4 Å². The van der Waals surface area contributed by atoms with Crippen molar-refractivity contribution < 1.29 is 9.90 Å². The van der Waals surface area contributed by atoms with Gasteiger partial charge in [0.05, 0.1) is 5.69 Å². The number of carbonyl (C=O) groups is 1. The number of aliphatic imine (C=N–C) groups is 2. The zero-order chi connectivity index (χ0) is 16.6. The summed E-state index contributed by atoms with van der Waals surface area (Å²) in [5.74, 6) is 0.123. The van der Waals surface area contributed by atoms with E-state index in [0.717, 1.165) is 32.1 Å². The van der Waals surface area contributed by atoms with Crippen molar-refractivity contribution in [3.63, 3.8) is 0 Å². The van der Waals surface area contributed by atoms with Crippen LogP contribution in [0.3, 0.4) is 0 Å². The number of Topliss-reactive ketones (excluding diaryl/α,β-unsaturated/α-hetero) is 1. The predicted molar refractivity (Wildman–Crippen MR) is 89.7 cm³/mol. The lowest BCUT2D eigenvalue weighted by atomic mass is 9.86. The Balaban J connectivity index is 2.21. The van der Waals surface area contributed by atoms with Crippen molar-refractivity contribution >= 4 is 23.4 Å². The van der Waals surface area contributed by atoms with E-state index in [-0.39, 0.29) is 23.5 Å². The van der Waals surface area contributed by atoms with Gasteiger partial charge in [-0.05, 0) is 44.7 Å². The number of rotatable bonds is 2. The summed E-state index contributed by atoms with van der Waals surface area (Å²) in [6, 6.07) is 4.84. The smallest absolute Gasteiger partial charge is 0.220 e. The minimum Gasteiger partial charge on any atom is -0.506 e. The lowest BCUT2D eigenvalue weighted by Crippen LogP contribution is -2.58. The highest BCUT2D eigenvalue weighted by atomic mass is 16.3. The van der Waals surface area contributed by atoms with Crippen molar-refractivity contribution in [3.05, 3.63) is 23.8 Å². The molecule has 0 saturated heterocycles. The van der Waals surface area contributed by atoms with Crippen LogP contribution in [-0.2, 0) is 0 Å². The molecule has 3 rings (SSSR count). The van der Waals surface area contributed by atoms with Gasteiger partial charge in [-0.3, -0.25) is 9.69 Å². The number of aromatic hydroxyl groups is 1. The third-order valence-corrected chi connectivity index (χ3v) is 4.47. The van der Waals surface area contributed by atoms with E-state index < -0.39 is 5.66 Å². The largest absolute Gasteiger partial charge is 0.506 e. The molecule has 0 amide bonds. The average molecular weight is 315 g/mol. The number of nitrogens with two attached hydrogens (primary N) is 2. The molecule has 0 atom stereocenters. The van der Waals surface area contributed by atoms with Crippen molar-refractivity contribution in [2.45, 2.75) is 44.7 Å². The van der Waals surface area contributed by atoms with Crippen molar-refractivity contribution in [1.82, 2.24) is 0 Å². The molecular weight excluding hydrogens is 294 g/mol. The molecule has 1 aliphatic carbocycles.